The Balaban J connectivity index is 2.31. The molecule has 0 fully saturated rings. The first kappa shape index (κ1) is 15.0. The zero-order valence-corrected chi connectivity index (χ0v) is 12.4. The Hall–Kier alpha value is -2.37. The van der Waals surface area contributed by atoms with Gasteiger partial charge in [0.15, 0.2) is 0 Å². The topological polar surface area (TPSA) is 66.9 Å². The van der Waals surface area contributed by atoms with Crippen molar-refractivity contribution < 1.29 is 19.1 Å². The molecule has 1 aromatic carbocycles. The number of benzene rings is 1. The molecule has 0 N–H and O–H groups in total. The Morgan fingerprint density at radius 2 is 1.90 bits per heavy atom. The number of likely N-dealkylation sites (N-methyl/N-ethyl adjacent to an activating group) is 1. The van der Waals surface area contributed by atoms with Crippen LogP contribution < -0.4 is 9.64 Å². The Morgan fingerprint density at radius 3 is 2.48 bits per heavy atom. The number of fused-ring (bicyclic) bond motifs is 1. The lowest BCUT2D eigenvalue weighted by Gasteiger charge is -2.23. The Kier molecular flexibility index (Phi) is 4.26. The summed E-state index contributed by atoms with van der Waals surface area (Å²) in [5, 5.41) is 0. The van der Waals surface area contributed by atoms with Gasteiger partial charge in [0.2, 0.25) is 5.91 Å². The van der Waals surface area contributed by atoms with Gasteiger partial charge in [-0.15, -0.1) is 0 Å². The van der Waals surface area contributed by atoms with Crippen molar-refractivity contribution in [1.82, 2.24) is 4.90 Å². The molecule has 0 bridgehead atoms. The second-order valence-corrected chi connectivity index (χ2v) is 4.67. The molecule has 0 aromatic heterocycles. The van der Waals surface area contributed by atoms with Gasteiger partial charge in [0.05, 0.1) is 18.4 Å². The highest BCUT2D eigenvalue weighted by atomic mass is 16.5. The molecule has 0 spiro atoms. The highest BCUT2D eigenvalue weighted by Gasteiger charge is 2.37. The third-order valence-corrected chi connectivity index (χ3v) is 3.59. The molecule has 2 rings (SSSR count). The van der Waals surface area contributed by atoms with Gasteiger partial charge in [-0.25, -0.2) is 0 Å². The quantitative estimate of drug-likeness (QED) is 0.761. The summed E-state index contributed by atoms with van der Waals surface area (Å²) in [7, 11) is 1.51. The number of ether oxygens (including phenoxy) is 1. The van der Waals surface area contributed by atoms with Crippen molar-refractivity contribution in [1.29, 1.82) is 0 Å². The summed E-state index contributed by atoms with van der Waals surface area (Å²) < 4.78 is 5.11. The maximum absolute atomic E-state index is 12.2. The molecule has 1 aromatic rings. The van der Waals surface area contributed by atoms with Crippen LogP contribution in [0.1, 0.15) is 24.2 Å². The van der Waals surface area contributed by atoms with E-state index in [1.54, 1.807) is 23.1 Å². The number of ketones is 1. The summed E-state index contributed by atoms with van der Waals surface area (Å²) in [6.45, 7) is 4.74. The summed E-state index contributed by atoms with van der Waals surface area (Å²) in [4.78, 5) is 39.0. The molecule has 1 aliphatic rings. The van der Waals surface area contributed by atoms with Crippen LogP contribution in [0.5, 0.6) is 5.75 Å². The Labute approximate surface area is 123 Å². The molecule has 0 unspecified atom stereocenters. The zero-order chi connectivity index (χ0) is 15.6. The number of nitrogens with zero attached hydrogens (tertiary/aromatic N) is 2. The molecular formula is C15H18N2O4. The first-order chi connectivity index (χ1) is 10.0. The minimum absolute atomic E-state index is 0.133. The Bertz CT molecular complexity index is 593. The first-order valence-corrected chi connectivity index (χ1v) is 6.85. The fourth-order valence-electron chi connectivity index (χ4n) is 2.37. The van der Waals surface area contributed by atoms with E-state index in [9.17, 15) is 14.4 Å². The van der Waals surface area contributed by atoms with Crippen molar-refractivity contribution in [3.63, 3.8) is 0 Å². The normalized spacial score (nSPS) is 13.4. The van der Waals surface area contributed by atoms with Crippen LogP contribution in [0, 0.1) is 0 Å². The lowest BCUT2D eigenvalue weighted by Crippen LogP contribution is -2.42. The SMILES string of the molecule is CCN(CC)C(=O)CN1C(=O)C(=O)c2ccc(OC)cc21. The lowest BCUT2D eigenvalue weighted by molar-refractivity contribution is -0.130. The van der Waals surface area contributed by atoms with Crippen LogP contribution in [0.2, 0.25) is 0 Å². The molecule has 0 radical (unpaired) electrons. The van der Waals surface area contributed by atoms with Gasteiger partial charge in [-0.3, -0.25) is 19.3 Å². The number of Topliss-reactive ketones (excluding diaryl/α,β-unsaturated/α-hetero) is 1. The summed E-state index contributed by atoms with van der Waals surface area (Å²) in [6.07, 6.45) is 0. The van der Waals surface area contributed by atoms with Gasteiger partial charge < -0.3 is 9.64 Å². The molecule has 0 aliphatic carbocycles. The predicted molar refractivity (Wildman–Crippen MR) is 77.6 cm³/mol. The largest absolute Gasteiger partial charge is 0.497 e. The van der Waals surface area contributed by atoms with E-state index in [0.29, 0.717) is 30.1 Å². The van der Waals surface area contributed by atoms with Crippen LogP contribution in [0.3, 0.4) is 0 Å². The van der Waals surface area contributed by atoms with Crippen LogP contribution in [0.25, 0.3) is 0 Å². The molecule has 0 saturated heterocycles. The van der Waals surface area contributed by atoms with Crippen LogP contribution in [-0.4, -0.2) is 49.2 Å². The number of carbonyl (C=O) groups excluding carboxylic acids is 3. The molecule has 6 heteroatoms. The molecule has 1 aliphatic heterocycles. The monoisotopic (exact) mass is 290 g/mol. The van der Waals surface area contributed by atoms with Crippen molar-refractivity contribution in [2.24, 2.45) is 0 Å². The summed E-state index contributed by atoms with van der Waals surface area (Å²) >= 11 is 0. The van der Waals surface area contributed by atoms with E-state index in [0.717, 1.165) is 0 Å². The van der Waals surface area contributed by atoms with E-state index >= 15 is 0 Å². The minimum atomic E-state index is -0.668. The maximum Gasteiger partial charge on any atom is 0.299 e. The van der Waals surface area contributed by atoms with Gasteiger partial charge in [0.25, 0.3) is 11.7 Å². The third kappa shape index (κ3) is 2.61. The van der Waals surface area contributed by atoms with E-state index in [-0.39, 0.29) is 12.5 Å². The molecule has 1 heterocycles. The minimum Gasteiger partial charge on any atom is -0.497 e. The summed E-state index contributed by atoms with van der Waals surface area (Å²) in [6, 6.07) is 4.78. The number of hydrogen-bond acceptors (Lipinski definition) is 4. The second-order valence-electron chi connectivity index (χ2n) is 4.67. The van der Waals surface area contributed by atoms with Crippen molar-refractivity contribution in [3.05, 3.63) is 23.8 Å². The highest BCUT2D eigenvalue weighted by molar-refractivity contribution is 6.52. The van der Waals surface area contributed by atoms with E-state index in [4.69, 9.17) is 4.74 Å². The summed E-state index contributed by atoms with van der Waals surface area (Å²) in [5.74, 6) is -0.896. The zero-order valence-electron chi connectivity index (χ0n) is 12.4. The number of amides is 2. The first-order valence-electron chi connectivity index (χ1n) is 6.85. The second kappa shape index (κ2) is 5.95. The summed E-state index contributed by atoms with van der Waals surface area (Å²) in [5.41, 5.74) is 0.748. The fraction of sp³-hybridized carbons (Fsp3) is 0.400. The molecule has 6 nitrogen and oxygen atoms in total. The van der Waals surface area contributed by atoms with Gasteiger partial charge in [-0.2, -0.15) is 0 Å². The van der Waals surface area contributed by atoms with Gasteiger partial charge in [0.1, 0.15) is 12.3 Å². The van der Waals surface area contributed by atoms with Crippen molar-refractivity contribution in [2.75, 3.05) is 31.6 Å². The van der Waals surface area contributed by atoms with E-state index in [1.165, 1.54) is 12.0 Å². The lowest BCUT2D eigenvalue weighted by atomic mass is 10.1. The van der Waals surface area contributed by atoms with E-state index in [2.05, 4.69) is 0 Å². The van der Waals surface area contributed by atoms with Crippen LogP contribution >= 0.6 is 0 Å². The average molecular weight is 290 g/mol. The maximum atomic E-state index is 12.2. The number of rotatable bonds is 5. The van der Waals surface area contributed by atoms with Gasteiger partial charge in [0, 0.05) is 19.2 Å². The van der Waals surface area contributed by atoms with Crippen molar-refractivity contribution in [2.45, 2.75) is 13.8 Å². The fourth-order valence-corrected chi connectivity index (χ4v) is 2.37. The van der Waals surface area contributed by atoms with Crippen LogP contribution in [-0.2, 0) is 9.59 Å². The number of carbonyl (C=O) groups is 3. The number of methoxy groups -OCH3 is 1. The highest BCUT2D eigenvalue weighted by Crippen LogP contribution is 2.32. The van der Waals surface area contributed by atoms with Crippen LogP contribution in [0.4, 0.5) is 5.69 Å². The predicted octanol–water partition coefficient (Wildman–Crippen LogP) is 1.09. The molecule has 0 atom stereocenters. The number of hydrogen-bond donors (Lipinski definition) is 0. The van der Waals surface area contributed by atoms with E-state index < -0.39 is 11.7 Å². The molecule has 0 saturated carbocycles. The van der Waals surface area contributed by atoms with E-state index in [1.807, 2.05) is 13.8 Å². The van der Waals surface area contributed by atoms with Crippen molar-refractivity contribution in [3.8, 4) is 5.75 Å². The standard InChI is InChI=1S/C15H18N2O4/c1-4-16(5-2)13(18)9-17-12-8-10(21-3)6-7-11(12)14(19)15(17)20/h6-8H,4-5,9H2,1-3H3. The van der Waals surface area contributed by atoms with Gasteiger partial charge >= 0.3 is 0 Å². The molecule has 21 heavy (non-hydrogen) atoms. The molecule has 2 amide bonds. The Morgan fingerprint density at radius 1 is 1.24 bits per heavy atom. The smallest absolute Gasteiger partial charge is 0.299 e. The molecule has 112 valence electrons. The third-order valence-electron chi connectivity index (χ3n) is 3.59. The molecular weight excluding hydrogens is 272 g/mol. The number of anilines is 1. The average Bonchev–Trinajstić information content (AvgIpc) is 2.73. The van der Waals surface area contributed by atoms with Gasteiger partial charge in [-0.05, 0) is 26.0 Å². The van der Waals surface area contributed by atoms with Crippen molar-refractivity contribution >= 4 is 23.3 Å². The van der Waals surface area contributed by atoms with Crippen LogP contribution in [0.15, 0.2) is 18.2 Å². The van der Waals surface area contributed by atoms with Gasteiger partial charge in [-0.1, -0.05) is 0 Å².